The van der Waals surface area contributed by atoms with Gasteiger partial charge in [0.15, 0.2) is 0 Å². The van der Waals surface area contributed by atoms with E-state index in [-0.39, 0.29) is 5.69 Å². The van der Waals surface area contributed by atoms with Gasteiger partial charge in [-0.2, -0.15) is 13.2 Å². The smallest absolute Gasteiger partial charge is 0.418 e. The number of carbonyl (C=O) groups excluding carboxylic acids is 2. The van der Waals surface area contributed by atoms with E-state index in [1.165, 1.54) is 12.1 Å². The lowest BCUT2D eigenvalue weighted by molar-refractivity contribution is -0.138. The maximum absolute atomic E-state index is 13.0. The average Bonchev–Trinajstić information content (AvgIpc) is 2.44. The number of ether oxygens (including phenoxy) is 2. The molecule has 0 heterocycles. The van der Waals surface area contributed by atoms with Gasteiger partial charge in [0.1, 0.15) is 5.70 Å². The number of esters is 2. The number of hydrogen-bond donors (Lipinski definition) is 1. The van der Waals surface area contributed by atoms with E-state index in [0.29, 0.717) is 11.6 Å². The zero-order valence-corrected chi connectivity index (χ0v) is 12.1. The number of methoxy groups -OCH3 is 2. The number of alkyl halides is 3. The molecule has 0 radical (unpaired) electrons. The number of hydrogen-bond acceptors (Lipinski definition) is 5. The highest BCUT2D eigenvalue weighted by atomic mass is 19.4. The summed E-state index contributed by atoms with van der Waals surface area (Å²) in [7, 11) is 2.11. The monoisotopic (exact) mass is 317 g/mol. The van der Waals surface area contributed by atoms with Crippen molar-refractivity contribution in [1.29, 1.82) is 0 Å². The summed E-state index contributed by atoms with van der Waals surface area (Å²) < 4.78 is 47.7. The van der Waals surface area contributed by atoms with Crippen LogP contribution in [0.15, 0.2) is 30.0 Å². The molecule has 120 valence electrons. The fourth-order valence-electron chi connectivity index (χ4n) is 1.59. The van der Waals surface area contributed by atoms with Gasteiger partial charge in [-0.25, -0.2) is 9.59 Å². The Morgan fingerprint density at radius 3 is 2.32 bits per heavy atom. The largest absolute Gasteiger partial charge is 0.466 e. The number of nitrogens with one attached hydrogen (secondary N) is 1. The molecule has 0 aliphatic heterocycles. The fraction of sp³-hybridized carbons (Fsp3) is 0.286. The Morgan fingerprint density at radius 2 is 1.82 bits per heavy atom. The van der Waals surface area contributed by atoms with Crippen molar-refractivity contribution in [3.63, 3.8) is 0 Å². The van der Waals surface area contributed by atoms with Crippen molar-refractivity contribution >= 4 is 17.6 Å². The topological polar surface area (TPSA) is 64.6 Å². The van der Waals surface area contributed by atoms with E-state index in [2.05, 4.69) is 14.8 Å². The Labute approximate surface area is 124 Å². The molecule has 1 rings (SSSR count). The third-order valence-electron chi connectivity index (χ3n) is 2.62. The SMILES string of the molecule is COC(=O)/C=C(/Nc1cc(C)ccc1C(F)(F)F)C(=O)OC. The number of rotatable bonds is 4. The van der Waals surface area contributed by atoms with E-state index in [0.717, 1.165) is 20.3 Å². The van der Waals surface area contributed by atoms with Gasteiger partial charge in [0, 0.05) is 0 Å². The molecule has 5 nitrogen and oxygen atoms in total. The van der Waals surface area contributed by atoms with Crippen molar-refractivity contribution < 1.29 is 32.2 Å². The van der Waals surface area contributed by atoms with Crippen LogP contribution in [0.25, 0.3) is 0 Å². The minimum atomic E-state index is -4.62. The van der Waals surface area contributed by atoms with Crippen LogP contribution in [0.3, 0.4) is 0 Å². The van der Waals surface area contributed by atoms with E-state index in [1.807, 2.05) is 0 Å². The van der Waals surface area contributed by atoms with Gasteiger partial charge >= 0.3 is 18.1 Å². The summed E-state index contributed by atoms with van der Waals surface area (Å²) in [6.45, 7) is 1.59. The van der Waals surface area contributed by atoms with Gasteiger partial charge in [0.05, 0.1) is 31.5 Å². The molecule has 22 heavy (non-hydrogen) atoms. The summed E-state index contributed by atoms with van der Waals surface area (Å²) in [5.41, 5.74) is -1.27. The predicted molar refractivity (Wildman–Crippen MR) is 71.9 cm³/mol. The third kappa shape index (κ3) is 4.51. The minimum absolute atomic E-state index is 0.368. The Hall–Kier alpha value is -2.51. The molecule has 8 heteroatoms. The summed E-state index contributed by atoms with van der Waals surface area (Å²) in [5, 5.41) is 2.28. The molecular formula is C14H14F3NO4. The van der Waals surface area contributed by atoms with Gasteiger partial charge < -0.3 is 14.8 Å². The summed E-state index contributed by atoms with van der Waals surface area (Å²) in [6.07, 6.45) is -3.91. The van der Waals surface area contributed by atoms with Crippen molar-refractivity contribution in [3.05, 3.63) is 41.1 Å². The van der Waals surface area contributed by atoms with Crippen molar-refractivity contribution in [3.8, 4) is 0 Å². The zero-order valence-electron chi connectivity index (χ0n) is 12.1. The van der Waals surface area contributed by atoms with E-state index in [1.54, 1.807) is 6.92 Å². The summed E-state index contributed by atoms with van der Waals surface area (Å²) in [5.74, 6) is -1.91. The van der Waals surface area contributed by atoms with Crippen LogP contribution in [-0.4, -0.2) is 26.2 Å². The van der Waals surface area contributed by atoms with Crippen LogP contribution in [-0.2, 0) is 25.2 Å². The van der Waals surface area contributed by atoms with Crippen molar-refractivity contribution in [2.24, 2.45) is 0 Å². The van der Waals surface area contributed by atoms with Crippen LogP contribution in [0.1, 0.15) is 11.1 Å². The van der Waals surface area contributed by atoms with E-state index < -0.39 is 29.4 Å². The molecule has 0 atom stereocenters. The second kappa shape index (κ2) is 6.97. The molecule has 1 aromatic carbocycles. The molecule has 0 aromatic heterocycles. The van der Waals surface area contributed by atoms with Gasteiger partial charge in [-0.05, 0) is 24.6 Å². The second-order valence-electron chi connectivity index (χ2n) is 4.24. The summed E-state index contributed by atoms with van der Waals surface area (Å²) in [4.78, 5) is 22.8. The summed E-state index contributed by atoms with van der Waals surface area (Å²) >= 11 is 0. The quantitative estimate of drug-likeness (QED) is 0.683. The van der Waals surface area contributed by atoms with Gasteiger partial charge in [-0.1, -0.05) is 6.07 Å². The van der Waals surface area contributed by atoms with Gasteiger partial charge in [0.2, 0.25) is 0 Å². The zero-order chi connectivity index (χ0) is 16.9. The van der Waals surface area contributed by atoms with E-state index in [4.69, 9.17) is 0 Å². The van der Waals surface area contributed by atoms with Gasteiger partial charge in [-0.3, -0.25) is 0 Å². The number of benzene rings is 1. The lowest BCUT2D eigenvalue weighted by atomic mass is 10.1. The van der Waals surface area contributed by atoms with E-state index >= 15 is 0 Å². The van der Waals surface area contributed by atoms with Gasteiger partial charge in [0.25, 0.3) is 0 Å². The number of anilines is 1. The lowest BCUT2D eigenvalue weighted by Gasteiger charge is -2.16. The first-order valence-electron chi connectivity index (χ1n) is 6.02. The molecule has 1 aromatic rings. The number of aryl methyl sites for hydroxylation is 1. The third-order valence-corrected chi connectivity index (χ3v) is 2.62. The van der Waals surface area contributed by atoms with Crippen LogP contribution in [0.2, 0.25) is 0 Å². The molecule has 0 saturated heterocycles. The Balaban J connectivity index is 3.29. The van der Waals surface area contributed by atoms with Crippen LogP contribution in [0, 0.1) is 6.92 Å². The van der Waals surface area contributed by atoms with Gasteiger partial charge in [-0.15, -0.1) is 0 Å². The maximum Gasteiger partial charge on any atom is 0.418 e. The first-order chi connectivity index (χ1) is 10.2. The minimum Gasteiger partial charge on any atom is -0.466 e. The van der Waals surface area contributed by atoms with Crippen LogP contribution >= 0.6 is 0 Å². The standard InChI is InChI=1S/C14H14F3NO4/c1-8-4-5-9(14(15,16)17)10(6-8)18-11(13(20)22-3)7-12(19)21-2/h4-7,18H,1-3H3/b11-7+. The first kappa shape index (κ1) is 17.5. The normalized spacial score (nSPS) is 11.8. The Kier molecular flexibility index (Phi) is 5.56. The highest BCUT2D eigenvalue weighted by Crippen LogP contribution is 2.35. The molecular weight excluding hydrogens is 303 g/mol. The first-order valence-corrected chi connectivity index (χ1v) is 6.02. The van der Waals surface area contributed by atoms with Crippen molar-refractivity contribution in [2.75, 3.05) is 19.5 Å². The Bertz CT molecular complexity index is 609. The highest BCUT2D eigenvalue weighted by molar-refractivity contribution is 5.98. The van der Waals surface area contributed by atoms with Crippen LogP contribution in [0.5, 0.6) is 0 Å². The van der Waals surface area contributed by atoms with E-state index in [9.17, 15) is 22.8 Å². The second-order valence-corrected chi connectivity index (χ2v) is 4.24. The number of halogens is 3. The van der Waals surface area contributed by atoms with Crippen LogP contribution in [0.4, 0.5) is 18.9 Å². The summed E-state index contributed by atoms with van der Waals surface area (Å²) in [6, 6.07) is 3.37. The molecule has 0 saturated carbocycles. The van der Waals surface area contributed by atoms with Crippen molar-refractivity contribution in [2.45, 2.75) is 13.1 Å². The average molecular weight is 317 g/mol. The highest BCUT2D eigenvalue weighted by Gasteiger charge is 2.34. The fourth-order valence-corrected chi connectivity index (χ4v) is 1.59. The molecule has 1 N–H and O–H groups in total. The number of carbonyl (C=O) groups is 2. The lowest BCUT2D eigenvalue weighted by Crippen LogP contribution is -2.18. The predicted octanol–water partition coefficient (Wildman–Crippen LogP) is 2.66. The van der Waals surface area contributed by atoms with Crippen LogP contribution < -0.4 is 5.32 Å². The molecule has 0 aliphatic carbocycles. The maximum atomic E-state index is 13.0. The molecule has 0 unspecified atom stereocenters. The Morgan fingerprint density at radius 1 is 1.18 bits per heavy atom. The molecule has 0 aliphatic rings. The molecule has 0 spiro atoms. The molecule has 0 fully saturated rings. The molecule has 0 bridgehead atoms. The van der Waals surface area contributed by atoms with Crippen molar-refractivity contribution in [1.82, 2.24) is 0 Å². The molecule has 0 amide bonds.